The van der Waals surface area contributed by atoms with E-state index in [-0.39, 0.29) is 24.0 Å². The van der Waals surface area contributed by atoms with E-state index in [2.05, 4.69) is 20.9 Å². The number of aliphatic imine (C=N–C) groups is 1. The molecule has 7 heteroatoms. The molecule has 2 rings (SSSR count). The zero-order valence-corrected chi connectivity index (χ0v) is 14.9. The molecule has 0 saturated carbocycles. The van der Waals surface area contributed by atoms with E-state index in [0.29, 0.717) is 12.5 Å². The van der Waals surface area contributed by atoms with Gasteiger partial charge in [-0.3, -0.25) is 0 Å². The van der Waals surface area contributed by atoms with Crippen molar-refractivity contribution in [3.05, 3.63) is 23.9 Å². The van der Waals surface area contributed by atoms with Gasteiger partial charge in [-0.05, 0) is 24.0 Å². The number of guanidine groups is 1. The summed E-state index contributed by atoms with van der Waals surface area (Å²) in [7, 11) is 0. The van der Waals surface area contributed by atoms with E-state index in [9.17, 15) is 0 Å². The van der Waals surface area contributed by atoms with E-state index in [0.717, 1.165) is 35.2 Å². The number of nitrogens with zero attached hydrogens (tertiary/aromatic N) is 3. The van der Waals surface area contributed by atoms with Crippen molar-refractivity contribution in [2.75, 3.05) is 30.9 Å². The molecule has 4 nitrogen and oxygen atoms in total. The molecule has 106 valence electrons. The van der Waals surface area contributed by atoms with Gasteiger partial charge in [-0.1, -0.05) is 0 Å². The summed E-state index contributed by atoms with van der Waals surface area (Å²) in [5.41, 5.74) is 7.17. The van der Waals surface area contributed by atoms with Crippen molar-refractivity contribution in [2.24, 2.45) is 10.7 Å². The Morgan fingerprint density at radius 3 is 2.95 bits per heavy atom. The molecule has 0 amide bonds. The number of hydrogen-bond donors (Lipinski definition) is 1. The van der Waals surface area contributed by atoms with Gasteiger partial charge in [-0.2, -0.15) is 11.8 Å². The van der Waals surface area contributed by atoms with Crippen LogP contribution in [0.3, 0.4) is 0 Å². The van der Waals surface area contributed by atoms with Crippen molar-refractivity contribution in [1.29, 1.82) is 0 Å². The highest BCUT2D eigenvalue weighted by atomic mass is 127. The Morgan fingerprint density at radius 1 is 1.53 bits per heavy atom. The molecule has 1 aliphatic heterocycles. The van der Waals surface area contributed by atoms with Crippen molar-refractivity contribution >= 4 is 53.5 Å². The molecule has 0 atom stereocenters. The Kier molecular flexibility index (Phi) is 7.93. The van der Waals surface area contributed by atoms with Gasteiger partial charge in [0.05, 0.1) is 11.6 Å². The molecule has 19 heavy (non-hydrogen) atoms. The minimum atomic E-state index is 0. The van der Waals surface area contributed by atoms with Crippen LogP contribution in [0.4, 0.5) is 0 Å². The highest BCUT2D eigenvalue weighted by Crippen LogP contribution is 2.13. The van der Waals surface area contributed by atoms with E-state index in [1.165, 1.54) is 0 Å². The maximum absolute atomic E-state index is 6.01. The highest BCUT2D eigenvalue weighted by molar-refractivity contribution is 14.0. The van der Waals surface area contributed by atoms with Gasteiger partial charge in [0.1, 0.15) is 0 Å². The minimum Gasteiger partial charge on any atom is -0.370 e. The molecule has 1 saturated heterocycles. The SMILES string of the molecule is CSc1cc(CN=C(N)N2CCSCC2)ccn1.I. The molecule has 1 aromatic rings. The molecule has 0 aliphatic carbocycles. The summed E-state index contributed by atoms with van der Waals surface area (Å²) >= 11 is 3.61. The molecular formula is C12H19IN4S2. The van der Waals surface area contributed by atoms with Crippen molar-refractivity contribution in [2.45, 2.75) is 11.6 Å². The molecule has 0 bridgehead atoms. The van der Waals surface area contributed by atoms with E-state index in [4.69, 9.17) is 5.73 Å². The zero-order chi connectivity index (χ0) is 12.8. The molecular weight excluding hydrogens is 391 g/mol. The fourth-order valence-corrected chi connectivity index (χ4v) is 3.06. The normalized spacial score (nSPS) is 16.1. The van der Waals surface area contributed by atoms with Crippen LogP contribution in [0.15, 0.2) is 28.3 Å². The summed E-state index contributed by atoms with van der Waals surface area (Å²) in [5, 5.41) is 1.02. The van der Waals surface area contributed by atoms with Crippen LogP contribution in [0.1, 0.15) is 5.56 Å². The van der Waals surface area contributed by atoms with E-state index in [1.54, 1.807) is 11.8 Å². The number of aromatic nitrogens is 1. The van der Waals surface area contributed by atoms with Gasteiger partial charge in [0.2, 0.25) is 0 Å². The summed E-state index contributed by atoms with van der Waals surface area (Å²) in [6.07, 6.45) is 3.85. The van der Waals surface area contributed by atoms with Gasteiger partial charge in [0.25, 0.3) is 0 Å². The average molecular weight is 410 g/mol. The monoisotopic (exact) mass is 410 g/mol. The lowest BCUT2D eigenvalue weighted by Crippen LogP contribution is -2.42. The fourth-order valence-electron chi connectivity index (χ4n) is 1.73. The lowest BCUT2D eigenvalue weighted by atomic mass is 10.3. The van der Waals surface area contributed by atoms with Crippen LogP contribution in [0.2, 0.25) is 0 Å². The van der Waals surface area contributed by atoms with Crippen molar-refractivity contribution in [1.82, 2.24) is 9.88 Å². The van der Waals surface area contributed by atoms with Gasteiger partial charge in [-0.15, -0.1) is 35.7 Å². The summed E-state index contributed by atoms with van der Waals surface area (Å²) in [4.78, 5) is 10.9. The van der Waals surface area contributed by atoms with Crippen molar-refractivity contribution in [3.8, 4) is 0 Å². The molecule has 0 unspecified atom stereocenters. The predicted molar refractivity (Wildman–Crippen MR) is 95.7 cm³/mol. The number of halogens is 1. The third-order valence-electron chi connectivity index (χ3n) is 2.77. The van der Waals surface area contributed by atoms with Gasteiger partial charge in [-0.25, -0.2) is 9.98 Å². The smallest absolute Gasteiger partial charge is 0.191 e. The zero-order valence-electron chi connectivity index (χ0n) is 10.9. The number of pyridine rings is 1. The number of hydrogen-bond acceptors (Lipinski definition) is 4. The Labute approximate surface area is 140 Å². The summed E-state index contributed by atoms with van der Waals surface area (Å²) < 4.78 is 0. The number of thioether (sulfide) groups is 2. The number of rotatable bonds is 3. The fraction of sp³-hybridized carbons (Fsp3) is 0.500. The second kappa shape index (κ2) is 8.91. The topological polar surface area (TPSA) is 54.5 Å². The van der Waals surface area contributed by atoms with Crippen molar-refractivity contribution in [3.63, 3.8) is 0 Å². The molecule has 1 aromatic heterocycles. The lowest BCUT2D eigenvalue weighted by Gasteiger charge is -2.27. The van der Waals surface area contributed by atoms with E-state index in [1.807, 2.05) is 30.3 Å². The largest absolute Gasteiger partial charge is 0.370 e. The summed E-state index contributed by atoms with van der Waals surface area (Å²) in [6.45, 7) is 2.64. The second-order valence-electron chi connectivity index (χ2n) is 3.98. The van der Waals surface area contributed by atoms with Crippen LogP contribution in [-0.4, -0.2) is 46.7 Å². The molecule has 2 heterocycles. The minimum absolute atomic E-state index is 0. The first-order chi connectivity index (χ1) is 8.79. The second-order valence-corrected chi connectivity index (χ2v) is 6.03. The van der Waals surface area contributed by atoms with Gasteiger partial charge < -0.3 is 10.6 Å². The Bertz CT molecular complexity index is 422. The van der Waals surface area contributed by atoms with Gasteiger partial charge in [0, 0.05) is 30.8 Å². The average Bonchev–Trinajstić information content (AvgIpc) is 2.46. The quantitative estimate of drug-likeness (QED) is 0.359. The first-order valence-electron chi connectivity index (χ1n) is 5.91. The third kappa shape index (κ3) is 5.39. The molecule has 0 aromatic carbocycles. The van der Waals surface area contributed by atoms with Crippen LogP contribution in [0.25, 0.3) is 0 Å². The lowest BCUT2D eigenvalue weighted by molar-refractivity contribution is 0.455. The Morgan fingerprint density at radius 2 is 2.26 bits per heavy atom. The van der Waals surface area contributed by atoms with Gasteiger partial charge >= 0.3 is 0 Å². The Hall–Kier alpha value is -0.150. The highest BCUT2D eigenvalue weighted by Gasteiger charge is 2.11. The standard InChI is InChI=1S/C12H18N4S2.HI/c1-17-11-8-10(2-3-14-11)9-15-12(13)16-4-6-18-7-5-16;/h2-3,8H,4-7,9H2,1H3,(H2,13,15);1H. The first kappa shape index (κ1) is 16.9. The first-order valence-corrected chi connectivity index (χ1v) is 8.29. The third-order valence-corrected chi connectivity index (χ3v) is 4.35. The van der Waals surface area contributed by atoms with Crippen LogP contribution in [-0.2, 0) is 6.54 Å². The maximum atomic E-state index is 6.01. The molecule has 0 radical (unpaired) electrons. The molecule has 1 aliphatic rings. The number of nitrogens with two attached hydrogens (primary N) is 1. The molecule has 1 fully saturated rings. The maximum Gasteiger partial charge on any atom is 0.191 e. The molecule has 0 spiro atoms. The Balaban J connectivity index is 0.00000180. The van der Waals surface area contributed by atoms with Crippen LogP contribution < -0.4 is 5.73 Å². The summed E-state index contributed by atoms with van der Waals surface area (Å²) in [5.74, 6) is 2.95. The van der Waals surface area contributed by atoms with Gasteiger partial charge in [0.15, 0.2) is 5.96 Å². The summed E-state index contributed by atoms with van der Waals surface area (Å²) in [6, 6.07) is 4.05. The van der Waals surface area contributed by atoms with E-state index >= 15 is 0 Å². The van der Waals surface area contributed by atoms with Crippen LogP contribution in [0, 0.1) is 0 Å². The van der Waals surface area contributed by atoms with E-state index < -0.39 is 0 Å². The van der Waals surface area contributed by atoms with Crippen LogP contribution >= 0.6 is 47.5 Å². The molecule has 2 N–H and O–H groups in total. The van der Waals surface area contributed by atoms with Crippen LogP contribution in [0.5, 0.6) is 0 Å². The predicted octanol–water partition coefficient (Wildman–Crippen LogP) is 2.29. The van der Waals surface area contributed by atoms with Crippen molar-refractivity contribution < 1.29 is 0 Å².